The van der Waals surface area contributed by atoms with E-state index >= 15 is 0 Å². The van der Waals surface area contributed by atoms with Crippen molar-refractivity contribution in [1.29, 1.82) is 0 Å². The van der Waals surface area contributed by atoms with Crippen molar-refractivity contribution < 1.29 is 14.3 Å². The second kappa shape index (κ2) is 8.86. The van der Waals surface area contributed by atoms with Crippen LogP contribution in [0.25, 0.3) is 10.8 Å². The van der Waals surface area contributed by atoms with Crippen molar-refractivity contribution in [2.75, 3.05) is 25.6 Å². The van der Waals surface area contributed by atoms with Crippen molar-refractivity contribution in [1.82, 2.24) is 9.78 Å². The SMILES string of the molecule is COCCOc1c(Cl)cccc1NC(=O)Cn1nc(C)c2ccccc2c1=O. The van der Waals surface area contributed by atoms with Gasteiger partial charge in [-0.05, 0) is 25.1 Å². The normalized spacial score (nSPS) is 10.8. The fraction of sp³-hybridized carbons (Fsp3) is 0.250. The molecule has 28 heavy (non-hydrogen) atoms. The lowest BCUT2D eigenvalue weighted by atomic mass is 10.1. The molecule has 1 heterocycles. The zero-order chi connectivity index (χ0) is 20.1. The molecule has 8 heteroatoms. The van der Waals surface area contributed by atoms with Gasteiger partial charge in [-0.2, -0.15) is 5.10 Å². The molecular formula is C20H20ClN3O4. The van der Waals surface area contributed by atoms with Gasteiger partial charge in [0.2, 0.25) is 5.91 Å². The van der Waals surface area contributed by atoms with Crippen molar-refractivity contribution in [2.24, 2.45) is 0 Å². The molecule has 0 radical (unpaired) electrons. The third kappa shape index (κ3) is 4.32. The third-order valence-electron chi connectivity index (χ3n) is 4.12. The molecule has 1 N–H and O–H groups in total. The quantitative estimate of drug-likeness (QED) is 0.615. The number of aryl methyl sites for hydroxylation is 1. The van der Waals surface area contributed by atoms with E-state index in [0.29, 0.717) is 34.1 Å². The lowest BCUT2D eigenvalue weighted by molar-refractivity contribution is -0.117. The molecule has 0 saturated heterocycles. The van der Waals surface area contributed by atoms with E-state index in [1.807, 2.05) is 12.1 Å². The van der Waals surface area contributed by atoms with E-state index in [1.165, 1.54) is 0 Å². The number of carbonyl (C=O) groups excluding carboxylic acids is 1. The van der Waals surface area contributed by atoms with Gasteiger partial charge in [-0.25, -0.2) is 4.68 Å². The van der Waals surface area contributed by atoms with Crippen molar-refractivity contribution >= 4 is 34.0 Å². The number of fused-ring (bicyclic) bond motifs is 1. The van der Waals surface area contributed by atoms with Crippen molar-refractivity contribution in [2.45, 2.75) is 13.5 Å². The summed E-state index contributed by atoms with van der Waals surface area (Å²) in [6, 6.07) is 12.2. The lowest BCUT2D eigenvalue weighted by Crippen LogP contribution is -2.30. The van der Waals surface area contributed by atoms with E-state index in [1.54, 1.807) is 44.4 Å². The summed E-state index contributed by atoms with van der Waals surface area (Å²) in [6.07, 6.45) is 0. The highest BCUT2D eigenvalue weighted by molar-refractivity contribution is 6.32. The summed E-state index contributed by atoms with van der Waals surface area (Å²) in [7, 11) is 1.56. The molecule has 3 aromatic rings. The molecule has 0 spiro atoms. The first-order valence-corrected chi connectivity index (χ1v) is 9.05. The molecule has 3 rings (SSSR count). The Morgan fingerprint density at radius 3 is 2.64 bits per heavy atom. The highest BCUT2D eigenvalue weighted by Crippen LogP contribution is 2.32. The summed E-state index contributed by atoms with van der Waals surface area (Å²) in [5, 5.41) is 8.65. The number of hydrogen-bond acceptors (Lipinski definition) is 5. The van der Waals surface area contributed by atoms with Crippen LogP contribution >= 0.6 is 11.6 Å². The standard InChI is InChI=1S/C20H20ClN3O4/c1-13-14-6-3-4-7-15(14)20(26)24(23-13)12-18(25)22-17-9-5-8-16(21)19(17)28-11-10-27-2/h3-9H,10-12H2,1-2H3,(H,22,25). The number of halogens is 1. The van der Waals surface area contributed by atoms with Gasteiger partial charge in [0.1, 0.15) is 13.2 Å². The van der Waals surface area contributed by atoms with Crippen molar-refractivity contribution in [3.8, 4) is 5.75 Å². The molecule has 2 aromatic carbocycles. The molecule has 0 aliphatic rings. The summed E-state index contributed by atoms with van der Waals surface area (Å²) in [6.45, 7) is 2.24. The van der Waals surface area contributed by atoms with Crippen molar-refractivity contribution in [3.63, 3.8) is 0 Å². The smallest absolute Gasteiger partial charge is 0.275 e. The lowest BCUT2D eigenvalue weighted by Gasteiger charge is -2.14. The van der Waals surface area contributed by atoms with Crippen LogP contribution in [0.1, 0.15) is 5.69 Å². The predicted octanol–water partition coefficient (Wildman–Crippen LogP) is 3.02. The molecule has 0 fully saturated rings. The first-order valence-electron chi connectivity index (χ1n) is 8.68. The molecular weight excluding hydrogens is 382 g/mol. The van der Waals surface area contributed by atoms with Gasteiger partial charge in [0.15, 0.2) is 5.75 Å². The van der Waals surface area contributed by atoms with Gasteiger partial charge < -0.3 is 14.8 Å². The Kier molecular flexibility index (Phi) is 6.28. The number of carbonyl (C=O) groups is 1. The minimum Gasteiger partial charge on any atom is -0.487 e. The molecule has 0 atom stereocenters. The molecule has 7 nitrogen and oxygen atoms in total. The largest absolute Gasteiger partial charge is 0.487 e. The maximum absolute atomic E-state index is 12.6. The number of nitrogens with one attached hydrogen (secondary N) is 1. The monoisotopic (exact) mass is 401 g/mol. The maximum atomic E-state index is 12.6. The topological polar surface area (TPSA) is 82.4 Å². The van der Waals surface area contributed by atoms with Crippen LogP contribution in [0, 0.1) is 6.92 Å². The number of hydrogen-bond donors (Lipinski definition) is 1. The molecule has 0 saturated carbocycles. The highest BCUT2D eigenvalue weighted by atomic mass is 35.5. The van der Waals surface area contributed by atoms with Gasteiger partial charge in [-0.3, -0.25) is 9.59 Å². The minimum atomic E-state index is -0.414. The Balaban J connectivity index is 1.82. The Labute approximate surface area is 166 Å². The zero-order valence-electron chi connectivity index (χ0n) is 15.6. The van der Waals surface area contributed by atoms with Crippen molar-refractivity contribution in [3.05, 3.63) is 63.5 Å². The molecule has 0 aliphatic heterocycles. The number of nitrogens with zero attached hydrogens (tertiary/aromatic N) is 2. The first kappa shape index (κ1) is 19.9. The molecule has 0 bridgehead atoms. The molecule has 1 aromatic heterocycles. The van der Waals surface area contributed by atoms with Gasteiger partial charge in [0.05, 0.1) is 28.4 Å². The van der Waals surface area contributed by atoms with E-state index in [0.717, 1.165) is 10.1 Å². The molecule has 146 valence electrons. The highest BCUT2D eigenvalue weighted by Gasteiger charge is 2.14. The third-order valence-corrected chi connectivity index (χ3v) is 4.42. The fourth-order valence-electron chi connectivity index (χ4n) is 2.82. The Morgan fingerprint density at radius 2 is 1.89 bits per heavy atom. The van der Waals surface area contributed by atoms with Crippen LogP contribution in [-0.4, -0.2) is 36.0 Å². The van der Waals surface area contributed by atoms with Crippen LogP contribution in [0.2, 0.25) is 5.02 Å². The number of ether oxygens (including phenoxy) is 2. The Morgan fingerprint density at radius 1 is 1.14 bits per heavy atom. The number of aromatic nitrogens is 2. The van der Waals surface area contributed by atoms with E-state index in [4.69, 9.17) is 21.1 Å². The Bertz CT molecular complexity index is 1060. The van der Waals surface area contributed by atoms with Gasteiger partial charge in [-0.1, -0.05) is 35.9 Å². The first-order chi connectivity index (χ1) is 13.5. The van der Waals surface area contributed by atoms with Gasteiger partial charge in [-0.15, -0.1) is 0 Å². The van der Waals surface area contributed by atoms with Crippen LogP contribution in [0.3, 0.4) is 0 Å². The summed E-state index contributed by atoms with van der Waals surface area (Å²) in [4.78, 5) is 25.2. The number of methoxy groups -OCH3 is 1. The number of benzene rings is 2. The molecule has 0 unspecified atom stereocenters. The summed E-state index contributed by atoms with van der Waals surface area (Å²) >= 11 is 6.18. The Hall–Kier alpha value is -2.90. The molecule has 1 amide bonds. The van der Waals surface area contributed by atoms with E-state index in [2.05, 4.69) is 10.4 Å². The summed E-state index contributed by atoms with van der Waals surface area (Å²) < 4.78 is 11.7. The maximum Gasteiger partial charge on any atom is 0.275 e. The second-order valence-corrected chi connectivity index (χ2v) is 6.51. The van der Waals surface area contributed by atoms with Crippen LogP contribution in [-0.2, 0) is 16.1 Å². The van der Waals surface area contributed by atoms with Gasteiger partial charge >= 0.3 is 0 Å². The number of amides is 1. The number of para-hydroxylation sites is 1. The number of rotatable bonds is 7. The average Bonchev–Trinajstić information content (AvgIpc) is 2.68. The fourth-order valence-corrected chi connectivity index (χ4v) is 3.05. The van der Waals surface area contributed by atoms with Crippen LogP contribution in [0.4, 0.5) is 5.69 Å². The van der Waals surface area contributed by atoms with E-state index < -0.39 is 5.91 Å². The van der Waals surface area contributed by atoms with E-state index in [9.17, 15) is 9.59 Å². The zero-order valence-corrected chi connectivity index (χ0v) is 16.3. The minimum absolute atomic E-state index is 0.228. The van der Waals surface area contributed by atoms with Gasteiger partial charge in [0, 0.05) is 12.5 Å². The predicted molar refractivity (Wildman–Crippen MR) is 108 cm³/mol. The average molecular weight is 402 g/mol. The summed E-state index contributed by atoms with van der Waals surface area (Å²) in [5.41, 5.74) is 0.771. The van der Waals surface area contributed by atoms with Crippen LogP contribution in [0.15, 0.2) is 47.3 Å². The second-order valence-electron chi connectivity index (χ2n) is 6.10. The van der Waals surface area contributed by atoms with Crippen LogP contribution < -0.4 is 15.6 Å². The van der Waals surface area contributed by atoms with Gasteiger partial charge in [0.25, 0.3) is 5.56 Å². The molecule has 0 aliphatic carbocycles. The van der Waals surface area contributed by atoms with E-state index in [-0.39, 0.29) is 18.7 Å². The number of anilines is 1. The van der Waals surface area contributed by atoms with Crippen LogP contribution in [0.5, 0.6) is 5.75 Å². The summed E-state index contributed by atoms with van der Waals surface area (Å²) in [5.74, 6) is -0.0623.